The zero-order valence-corrected chi connectivity index (χ0v) is 10.5. The van der Waals surface area contributed by atoms with Crippen LogP contribution in [0.2, 0.25) is 0 Å². The van der Waals surface area contributed by atoms with Gasteiger partial charge < -0.3 is 0 Å². The van der Waals surface area contributed by atoms with Crippen molar-refractivity contribution in [1.29, 1.82) is 0 Å². The number of allylic oxidation sites excluding steroid dienone is 8. The first-order valence-electron chi connectivity index (χ1n) is 6.73. The van der Waals surface area contributed by atoms with E-state index in [1.807, 2.05) is 0 Å². The Kier molecular flexibility index (Phi) is 3.27. The Morgan fingerprint density at radius 2 is 1.83 bits per heavy atom. The molecule has 18 heavy (non-hydrogen) atoms. The molecule has 0 saturated heterocycles. The number of aryl methyl sites for hydroxylation is 1. The topological polar surface area (TPSA) is 0 Å². The monoisotopic (exact) mass is 234 g/mol. The van der Waals surface area contributed by atoms with E-state index >= 15 is 0 Å². The zero-order chi connectivity index (χ0) is 12.2. The van der Waals surface area contributed by atoms with Gasteiger partial charge in [-0.3, -0.25) is 0 Å². The molecule has 0 nitrogen and oxygen atoms in total. The molecule has 1 aromatic carbocycles. The summed E-state index contributed by atoms with van der Waals surface area (Å²) >= 11 is 0. The van der Waals surface area contributed by atoms with Crippen LogP contribution in [0.15, 0.2) is 77.9 Å². The first-order chi connectivity index (χ1) is 8.92. The van der Waals surface area contributed by atoms with Crippen molar-refractivity contribution in [2.24, 2.45) is 5.92 Å². The van der Waals surface area contributed by atoms with E-state index < -0.39 is 0 Å². The smallest absolute Gasteiger partial charge is 0.0207 e. The summed E-state index contributed by atoms with van der Waals surface area (Å²) in [5, 5.41) is 0. The summed E-state index contributed by atoms with van der Waals surface area (Å²) < 4.78 is 0. The highest BCUT2D eigenvalue weighted by Crippen LogP contribution is 2.31. The van der Waals surface area contributed by atoms with Gasteiger partial charge in [-0.2, -0.15) is 0 Å². The third-order valence-corrected chi connectivity index (χ3v) is 3.62. The Labute approximate surface area is 109 Å². The third kappa shape index (κ3) is 2.53. The zero-order valence-electron chi connectivity index (χ0n) is 10.5. The molecular weight excluding hydrogens is 216 g/mol. The van der Waals surface area contributed by atoms with Gasteiger partial charge in [-0.05, 0) is 30.4 Å². The fourth-order valence-corrected chi connectivity index (χ4v) is 2.66. The number of fused-ring (bicyclic) bond motifs is 1. The Morgan fingerprint density at radius 3 is 2.67 bits per heavy atom. The normalized spacial score (nSPS) is 20.6. The predicted octanol–water partition coefficient (Wildman–Crippen LogP) is 4.62. The Morgan fingerprint density at radius 1 is 0.944 bits per heavy atom. The van der Waals surface area contributed by atoms with Gasteiger partial charge in [-0.1, -0.05) is 72.4 Å². The molecular formula is C18H18. The molecule has 1 unspecified atom stereocenters. The summed E-state index contributed by atoms with van der Waals surface area (Å²) in [5.41, 5.74) is 4.40. The summed E-state index contributed by atoms with van der Waals surface area (Å²) in [6, 6.07) is 10.8. The molecule has 2 aliphatic carbocycles. The van der Waals surface area contributed by atoms with Crippen LogP contribution >= 0.6 is 0 Å². The van der Waals surface area contributed by atoms with E-state index in [2.05, 4.69) is 66.8 Å². The summed E-state index contributed by atoms with van der Waals surface area (Å²) in [7, 11) is 0. The maximum Gasteiger partial charge on any atom is 0.0207 e. The molecule has 90 valence electrons. The molecule has 0 N–H and O–H groups in total. The fraction of sp³-hybridized carbons (Fsp3) is 0.222. The van der Waals surface area contributed by atoms with E-state index in [-0.39, 0.29) is 0 Å². The minimum Gasteiger partial charge on any atom is -0.0732 e. The van der Waals surface area contributed by atoms with Crippen LogP contribution in [-0.2, 0) is 6.42 Å². The Bertz CT molecular complexity index is 526. The van der Waals surface area contributed by atoms with E-state index in [0.29, 0.717) is 5.92 Å². The van der Waals surface area contributed by atoms with Gasteiger partial charge in [0.1, 0.15) is 0 Å². The molecule has 0 bridgehead atoms. The standard InChI is InChI=1S/C18H18/c1-2-7-15(8-3-1)9-6-10-16-13-17-11-4-5-12-18(17)14-16/h1-5,7-8,11-14,17H,6,9-10H2. The van der Waals surface area contributed by atoms with Crippen molar-refractivity contribution in [3.05, 3.63) is 83.5 Å². The molecule has 2 aliphatic rings. The third-order valence-electron chi connectivity index (χ3n) is 3.62. The molecule has 3 rings (SSSR count). The van der Waals surface area contributed by atoms with Gasteiger partial charge in [0, 0.05) is 5.92 Å². The number of benzene rings is 1. The number of hydrogen-bond acceptors (Lipinski definition) is 0. The Hall–Kier alpha value is -1.82. The van der Waals surface area contributed by atoms with Crippen molar-refractivity contribution in [3.63, 3.8) is 0 Å². The van der Waals surface area contributed by atoms with Crippen LogP contribution in [0.4, 0.5) is 0 Å². The van der Waals surface area contributed by atoms with Crippen molar-refractivity contribution in [2.45, 2.75) is 19.3 Å². The van der Waals surface area contributed by atoms with Crippen LogP contribution in [0, 0.1) is 5.92 Å². The van der Waals surface area contributed by atoms with E-state index in [9.17, 15) is 0 Å². The molecule has 0 radical (unpaired) electrons. The average Bonchev–Trinajstić information content (AvgIpc) is 2.82. The minimum atomic E-state index is 0.543. The van der Waals surface area contributed by atoms with Gasteiger partial charge in [-0.15, -0.1) is 0 Å². The van der Waals surface area contributed by atoms with Crippen LogP contribution < -0.4 is 0 Å². The maximum absolute atomic E-state index is 2.40. The van der Waals surface area contributed by atoms with Crippen LogP contribution in [0.5, 0.6) is 0 Å². The Balaban J connectivity index is 1.55. The fourth-order valence-electron chi connectivity index (χ4n) is 2.66. The van der Waals surface area contributed by atoms with Gasteiger partial charge in [0.2, 0.25) is 0 Å². The highest BCUT2D eigenvalue weighted by Gasteiger charge is 2.15. The summed E-state index contributed by atoms with van der Waals surface area (Å²) in [4.78, 5) is 0. The van der Waals surface area contributed by atoms with Crippen molar-refractivity contribution in [3.8, 4) is 0 Å². The average molecular weight is 234 g/mol. The van der Waals surface area contributed by atoms with Crippen molar-refractivity contribution >= 4 is 0 Å². The molecule has 0 fully saturated rings. The van der Waals surface area contributed by atoms with Crippen LogP contribution in [-0.4, -0.2) is 0 Å². The highest BCUT2D eigenvalue weighted by atomic mass is 14.2. The lowest BCUT2D eigenvalue weighted by molar-refractivity contribution is 0.822. The van der Waals surface area contributed by atoms with Crippen LogP contribution in [0.1, 0.15) is 18.4 Å². The molecule has 0 aliphatic heterocycles. The van der Waals surface area contributed by atoms with Crippen molar-refractivity contribution in [1.82, 2.24) is 0 Å². The van der Waals surface area contributed by atoms with Gasteiger partial charge in [0.25, 0.3) is 0 Å². The molecule has 0 saturated carbocycles. The number of rotatable bonds is 4. The maximum atomic E-state index is 2.40. The van der Waals surface area contributed by atoms with E-state index in [1.54, 1.807) is 0 Å². The minimum absolute atomic E-state index is 0.543. The van der Waals surface area contributed by atoms with Crippen LogP contribution in [0.25, 0.3) is 0 Å². The van der Waals surface area contributed by atoms with Crippen molar-refractivity contribution < 1.29 is 0 Å². The van der Waals surface area contributed by atoms with E-state index in [0.717, 1.165) is 0 Å². The molecule has 0 heteroatoms. The summed E-state index contributed by atoms with van der Waals surface area (Å²) in [6.07, 6.45) is 17.1. The SMILES string of the molecule is C1=CC2=CC(CCCc3ccccc3)=CC2C=C1. The lowest BCUT2D eigenvalue weighted by atomic mass is 9.98. The summed E-state index contributed by atoms with van der Waals surface area (Å²) in [6.45, 7) is 0. The first kappa shape index (κ1) is 11.3. The molecule has 1 aromatic rings. The molecule has 0 spiro atoms. The van der Waals surface area contributed by atoms with Crippen molar-refractivity contribution in [2.75, 3.05) is 0 Å². The quantitative estimate of drug-likeness (QED) is 0.713. The predicted molar refractivity (Wildman–Crippen MR) is 77.3 cm³/mol. The summed E-state index contributed by atoms with van der Waals surface area (Å²) in [5.74, 6) is 0.543. The second kappa shape index (κ2) is 5.22. The largest absolute Gasteiger partial charge is 0.0732 e. The van der Waals surface area contributed by atoms with Gasteiger partial charge >= 0.3 is 0 Å². The van der Waals surface area contributed by atoms with E-state index in [1.165, 1.54) is 36.0 Å². The van der Waals surface area contributed by atoms with Gasteiger partial charge in [-0.25, -0.2) is 0 Å². The second-order valence-corrected chi connectivity index (χ2v) is 4.99. The first-order valence-corrected chi connectivity index (χ1v) is 6.73. The second-order valence-electron chi connectivity index (χ2n) is 4.99. The highest BCUT2D eigenvalue weighted by molar-refractivity contribution is 5.47. The molecule has 0 amide bonds. The lowest BCUT2D eigenvalue weighted by Crippen LogP contribution is -1.92. The molecule has 1 atom stereocenters. The van der Waals surface area contributed by atoms with Crippen LogP contribution in [0.3, 0.4) is 0 Å². The molecule has 0 heterocycles. The number of hydrogen-bond donors (Lipinski definition) is 0. The van der Waals surface area contributed by atoms with Gasteiger partial charge in [0.15, 0.2) is 0 Å². The molecule has 0 aromatic heterocycles. The lowest BCUT2D eigenvalue weighted by Gasteiger charge is -2.06. The van der Waals surface area contributed by atoms with Gasteiger partial charge in [0.05, 0.1) is 0 Å². The van der Waals surface area contributed by atoms with E-state index in [4.69, 9.17) is 0 Å².